The molecule has 7 heteroatoms. The molecule has 0 aliphatic rings. The molecule has 0 aliphatic heterocycles. The summed E-state index contributed by atoms with van der Waals surface area (Å²) < 4.78 is 1.78. The number of fused-ring (bicyclic) bond motifs is 1. The SMILES string of the molecule is Cc1cccc([N+](=O)[O-])c1CNc1cccn2c(Cl)c(C)nc12. The Morgan fingerprint density at radius 2 is 2.09 bits per heavy atom. The van der Waals surface area contributed by atoms with E-state index in [2.05, 4.69) is 10.3 Å². The van der Waals surface area contributed by atoms with Crippen LogP contribution in [-0.2, 0) is 6.54 Å². The quantitative estimate of drug-likeness (QED) is 0.576. The molecule has 2 aromatic heterocycles. The van der Waals surface area contributed by atoms with Gasteiger partial charge in [-0.15, -0.1) is 0 Å². The molecule has 2 heterocycles. The van der Waals surface area contributed by atoms with Crippen LogP contribution in [0.4, 0.5) is 11.4 Å². The third-order valence-corrected chi connectivity index (χ3v) is 4.24. The van der Waals surface area contributed by atoms with Gasteiger partial charge in [-0.25, -0.2) is 4.98 Å². The molecular weight excluding hydrogens is 316 g/mol. The van der Waals surface area contributed by atoms with Crippen molar-refractivity contribution in [2.24, 2.45) is 0 Å². The number of anilines is 1. The number of nitro groups is 1. The van der Waals surface area contributed by atoms with E-state index in [0.29, 0.717) is 22.9 Å². The van der Waals surface area contributed by atoms with E-state index in [4.69, 9.17) is 11.6 Å². The highest BCUT2D eigenvalue weighted by Gasteiger charge is 2.16. The number of aryl methyl sites for hydroxylation is 2. The first-order valence-corrected chi connectivity index (χ1v) is 7.46. The summed E-state index contributed by atoms with van der Waals surface area (Å²) in [7, 11) is 0. The summed E-state index contributed by atoms with van der Waals surface area (Å²) in [6.45, 7) is 4.04. The van der Waals surface area contributed by atoms with Crippen molar-refractivity contribution in [3.05, 3.63) is 68.6 Å². The van der Waals surface area contributed by atoms with E-state index in [1.165, 1.54) is 6.07 Å². The number of hydrogen-bond acceptors (Lipinski definition) is 4. The van der Waals surface area contributed by atoms with E-state index >= 15 is 0 Å². The van der Waals surface area contributed by atoms with E-state index in [0.717, 1.165) is 16.9 Å². The van der Waals surface area contributed by atoms with Gasteiger partial charge in [-0.2, -0.15) is 0 Å². The van der Waals surface area contributed by atoms with Crippen molar-refractivity contribution in [3.63, 3.8) is 0 Å². The molecule has 0 amide bonds. The molecule has 0 saturated heterocycles. The zero-order chi connectivity index (χ0) is 16.6. The molecule has 0 aliphatic carbocycles. The maximum atomic E-state index is 11.2. The Hall–Kier alpha value is -2.60. The van der Waals surface area contributed by atoms with Crippen LogP contribution >= 0.6 is 11.6 Å². The molecule has 118 valence electrons. The fraction of sp³-hybridized carbons (Fsp3) is 0.188. The third kappa shape index (κ3) is 2.73. The topological polar surface area (TPSA) is 72.5 Å². The predicted molar refractivity (Wildman–Crippen MR) is 90.1 cm³/mol. The standard InChI is InChI=1S/C16H15ClN4O2/c1-10-5-3-7-14(21(22)23)12(10)9-18-13-6-4-8-20-15(17)11(2)19-16(13)20/h3-8,18H,9H2,1-2H3. The van der Waals surface area contributed by atoms with Crippen LogP contribution in [0.3, 0.4) is 0 Å². The zero-order valence-electron chi connectivity index (χ0n) is 12.7. The Morgan fingerprint density at radius 1 is 1.30 bits per heavy atom. The van der Waals surface area contributed by atoms with Crippen molar-refractivity contribution in [3.8, 4) is 0 Å². The minimum atomic E-state index is -0.360. The number of pyridine rings is 1. The van der Waals surface area contributed by atoms with Gasteiger partial charge in [0.15, 0.2) is 5.65 Å². The fourth-order valence-electron chi connectivity index (χ4n) is 2.56. The zero-order valence-corrected chi connectivity index (χ0v) is 13.5. The van der Waals surface area contributed by atoms with Crippen molar-refractivity contribution >= 4 is 28.6 Å². The number of nitrogens with one attached hydrogen (secondary N) is 1. The van der Waals surface area contributed by atoms with Crippen molar-refractivity contribution in [1.82, 2.24) is 9.38 Å². The lowest BCUT2D eigenvalue weighted by Crippen LogP contribution is -2.06. The summed E-state index contributed by atoms with van der Waals surface area (Å²) >= 11 is 6.21. The van der Waals surface area contributed by atoms with Crippen LogP contribution in [0.15, 0.2) is 36.5 Å². The summed E-state index contributed by atoms with van der Waals surface area (Å²) in [5.41, 5.74) is 3.86. The molecule has 3 aromatic rings. The van der Waals surface area contributed by atoms with Gasteiger partial charge >= 0.3 is 0 Å². The van der Waals surface area contributed by atoms with Gasteiger partial charge in [0.25, 0.3) is 5.69 Å². The third-order valence-electron chi connectivity index (χ3n) is 3.79. The van der Waals surface area contributed by atoms with Crippen molar-refractivity contribution in [2.75, 3.05) is 5.32 Å². The highest BCUT2D eigenvalue weighted by atomic mass is 35.5. The van der Waals surface area contributed by atoms with E-state index in [1.807, 2.05) is 38.2 Å². The summed E-state index contributed by atoms with van der Waals surface area (Å²) in [4.78, 5) is 15.3. The van der Waals surface area contributed by atoms with Crippen LogP contribution in [0.5, 0.6) is 0 Å². The highest BCUT2D eigenvalue weighted by Crippen LogP contribution is 2.26. The maximum Gasteiger partial charge on any atom is 0.274 e. The molecule has 3 rings (SSSR count). The molecule has 0 atom stereocenters. The van der Waals surface area contributed by atoms with Crippen LogP contribution in [0.1, 0.15) is 16.8 Å². The van der Waals surface area contributed by atoms with Crippen molar-refractivity contribution in [2.45, 2.75) is 20.4 Å². The average Bonchev–Trinajstić information content (AvgIpc) is 2.81. The van der Waals surface area contributed by atoms with Gasteiger partial charge in [-0.05, 0) is 31.5 Å². The lowest BCUT2D eigenvalue weighted by molar-refractivity contribution is -0.385. The predicted octanol–water partition coefficient (Wildman–Crippen LogP) is 4.12. The number of halogens is 1. The molecule has 1 N–H and O–H groups in total. The van der Waals surface area contributed by atoms with Gasteiger partial charge in [0.1, 0.15) is 5.15 Å². The minimum absolute atomic E-state index is 0.113. The maximum absolute atomic E-state index is 11.2. The Morgan fingerprint density at radius 3 is 2.83 bits per heavy atom. The molecule has 23 heavy (non-hydrogen) atoms. The number of benzene rings is 1. The minimum Gasteiger partial charge on any atom is -0.378 e. The van der Waals surface area contributed by atoms with Crippen LogP contribution in [0.25, 0.3) is 5.65 Å². The van der Waals surface area contributed by atoms with Crippen LogP contribution < -0.4 is 5.32 Å². The monoisotopic (exact) mass is 330 g/mol. The smallest absolute Gasteiger partial charge is 0.274 e. The molecule has 0 unspecified atom stereocenters. The second kappa shape index (κ2) is 5.89. The van der Waals surface area contributed by atoms with Crippen molar-refractivity contribution in [1.29, 1.82) is 0 Å². The van der Waals surface area contributed by atoms with Gasteiger partial charge < -0.3 is 5.32 Å². The van der Waals surface area contributed by atoms with Gasteiger partial charge in [0.2, 0.25) is 0 Å². The first kappa shape index (κ1) is 15.3. The number of rotatable bonds is 4. The van der Waals surface area contributed by atoms with Crippen LogP contribution in [0, 0.1) is 24.0 Å². The summed E-state index contributed by atoms with van der Waals surface area (Å²) in [6, 6.07) is 8.80. The van der Waals surface area contributed by atoms with E-state index in [-0.39, 0.29) is 10.6 Å². The second-order valence-electron chi connectivity index (χ2n) is 5.29. The van der Waals surface area contributed by atoms with Crippen LogP contribution in [-0.4, -0.2) is 14.3 Å². The van der Waals surface area contributed by atoms with Gasteiger partial charge in [0.05, 0.1) is 21.9 Å². The van der Waals surface area contributed by atoms with Gasteiger partial charge in [-0.1, -0.05) is 23.7 Å². The molecule has 0 bridgehead atoms. The van der Waals surface area contributed by atoms with Crippen LogP contribution in [0.2, 0.25) is 5.15 Å². The molecule has 0 radical (unpaired) electrons. The van der Waals surface area contributed by atoms with E-state index in [1.54, 1.807) is 10.5 Å². The number of imidazole rings is 1. The van der Waals surface area contributed by atoms with Gasteiger partial charge in [-0.3, -0.25) is 14.5 Å². The molecule has 0 spiro atoms. The summed E-state index contributed by atoms with van der Waals surface area (Å²) in [5, 5.41) is 15.0. The Kier molecular flexibility index (Phi) is 3.92. The molecular formula is C16H15ClN4O2. The molecule has 1 aromatic carbocycles. The fourth-order valence-corrected chi connectivity index (χ4v) is 2.74. The Balaban J connectivity index is 1.96. The first-order chi connectivity index (χ1) is 11.0. The Labute approximate surface area is 137 Å². The number of aromatic nitrogens is 2. The molecule has 0 saturated carbocycles. The first-order valence-electron chi connectivity index (χ1n) is 7.09. The number of nitro benzene ring substituents is 1. The van der Waals surface area contributed by atoms with E-state index < -0.39 is 0 Å². The summed E-state index contributed by atoms with van der Waals surface area (Å²) in [5.74, 6) is 0. The normalized spacial score (nSPS) is 10.9. The van der Waals surface area contributed by atoms with Gasteiger partial charge in [0, 0.05) is 18.8 Å². The summed E-state index contributed by atoms with van der Waals surface area (Å²) in [6.07, 6.45) is 1.83. The highest BCUT2D eigenvalue weighted by molar-refractivity contribution is 6.30. The average molecular weight is 331 g/mol. The Bertz CT molecular complexity index is 904. The van der Waals surface area contributed by atoms with E-state index in [9.17, 15) is 10.1 Å². The lowest BCUT2D eigenvalue weighted by Gasteiger charge is -2.10. The van der Waals surface area contributed by atoms with Crippen molar-refractivity contribution < 1.29 is 4.92 Å². The number of nitrogens with zero attached hydrogens (tertiary/aromatic N) is 3. The molecule has 0 fully saturated rings. The number of hydrogen-bond donors (Lipinski definition) is 1. The largest absolute Gasteiger partial charge is 0.378 e. The second-order valence-corrected chi connectivity index (χ2v) is 5.64. The molecule has 6 nitrogen and oxygen atoms in total. The lowest BCUT2D eigenvalue weighted by atomic mass is 10.1.